The standard InChI is InChI=1S/C13H18N2O2/c1-17-9-8-15(13(16)12-2-3-12)10-11-4-6-14-7-5-11/h4-7,12H,2-3,8-10H2,1H3. The molecule has 1 aliphatic carbocycles. The minimum atomic E-state index is 0.258. The van der Waals surface area contributed by atoms with Gasteiger partial charge < -0.3 is 9.64 Å². The Labute approximate surface area is 102 Å². The van der Waals surface area contributed by atoms with Crippen molar-refractivity contribution in [1.29, 1.82) is 0 Å². The van der Waals surface area contributed by atoms with Gasteiger partial charge in [-0.25, -0.2) is 0 Å². The quantitative estimate of drug-likeness (QED) is 0.748. The average molecular weight is 234 g/mol. The lowest BCUT2D eigenvalue weighted by Gasteiger charge is -2.22. The third-order valence-electron chi connectivity index (χ3n) is 2.93. The van der Waals surface area contributed by atoms with Crippen molar-refractivity contribution in [3.05, 3.63) is 30.1 Å². The summed E-state index contributed by atoms with van der Waals surface area (Å²) in [6.45, 7) is 1.90. The van der Waals surface area contributed by atoms with Gasteiger partial charge in [0.25, 0.3) is 0 Å². The summed E-state index contributed by atoms with van der Waals surface area (Å²) in [5, 5.41) is 0. The number of methoxy groups -OCH3 is 1. The highest BCUT2D eigenvalue weighted by Gasteiger charge is 2.33. The predicted molar refractivity (Wildman–Crippen MR) is 64.3 cm³/mol. The van der Waals surface area contributed by atoms with Gasteiger partial charge in [-0.1, -0.05) is 0 Å². The fourth-order valence-corrected chi connectivity index (χ4v) is 1.77. The molecule has 0 bridgehead atoms. The summed E-state index contributed by atoms with van der Waals surface area (Å²) in [7, 11) is 1.66. The van der Waals surface area contributed by atoms with Gasteiger partial charge in [-0.05, 0) is 30.5 Å². The summed E-state index contributed by atoms with van der Waals surface area (Å²) in [6, 6.07) is 3.89. The van der Waals surface area contributed by atoms with Gasteiger partial charge in [0, 0.05) is 38.5 Å². The maximum atomic E-state index is 12.1. The number of ether oxygens (including phenoxy) is 1. The maximum absolute atomic E-state index is 12.1. The molecule has 0 radical (unpaired) electrons. The molecule has 1 fully saturated rings. The molecule has 1 heterocycles. The maximum Gasteiger partial charge on any atom is 0.226 e. The van der Waals surface area contributed by atoms with Gasteiger partial charge in [0.05, 0.1) is 6.61 Å². The van der Waals surface area contributed by atoms with E-state index in [1.165, 1.54) is 0 Å². The van der Waals surface area contributed by atoms with E-state index in [1.54, 1.807) is 19.5 Å². The SMILES string of the molecule is COCCN(Cc1ccncc1)C(=O)C1CC1. The van der Waals surface area contributed by atoms with Gasteiger partial charge in [-0.3, -0.25) is 9.78 Å². The Morgan fingerprint density at radius 2 is 2.18 bits per heavy atom. The molecule has 2 rings (SSSR count). The zero-order valence-electron chi connectivity index (χ0n) is 10.1. The lowest BCUT2D eigenvalue weighted by Crippen LogP contribution is -2.34. The first-order chi connectivity index (χ1) is 8.31. The summed E-state index contributed by atoms with van der Waals surface area (Å²) in [5.41, 5.74) is 1.12. The molecule has 0 N–H and O–H groups in total. The minimum absolute atomic E-state index is 0.258. The van der Waals surface area contributed by atoms with Crippen LogP contribution in [0.1, 0.15) is 18.4 Å². The number of aromatic nitrogens is 1. The summed E-state index contributed by atoms with van der Waals surface area (Å²) in [6.07, 6.45) is 5.59. The highest BCUT2D eigenvalue weighted by Crippen LogP contribution is 2.31. The summed E-state index contributed by atoms with van der Waals surface area (Å²) < 4.78 is 5.05. The van der Waals surface area contributed by atoms with Gasteiger partial charge >= 0.3 is 0 Å². The highest BCUT2D eigenvalue weighted by molar-refractivity contribution is 5.81. The number of amides is 1. The Kier molecular flexibility index (Phi) is 4.09. The van der Waals surface area contributed by atoms with E-state index in [2.05, 4.69) is 4.98 Å². The normalized spacial score (nSPS) is 14.6. The van der Waals surface area contributed by atoms with E-state index in [0.29, 0.717) is 19.7 Å². The van der Waals surface area contributed by atoms with Crippen LogP contribution in [0.3, 0.4) is 0 Å². The second kappa shape index (κ2) is 5.77. The van der Waals surface area contributed by atoms with Crippen LogP contribution in [0.5, 0.6) is 0 Å². The number of carbonyl (C=O) groups excluding carboxylic acids is 1. The molecule has 1 amide bonds. The Hall–Kier alpha value is -1.42. The van der Waals surface area contributed by atoms with E-state index >= 15 is 0 Å². The van der Waals surface area contributed by atoms with Gasteiger partial charge in [0.15, 0.2) is 0 Å². The third-order valence-corrected chi connectivity index (χ3v) is 2.93. The third kappa shape index (κ3) is 3.53. The van der Waals surface area contributed by atoms with Crippen LogP contribution in [-0.4, -0.2) is 36.1 Å². The van der Waals surface area contributed by atoms with Crippen LogP contribution >= 0.6 is 0 Å². The number of pyridine rings is 1. The van der Waals surface area contributed by atoms with E-state index in [0.717, 1.165) is 18.4 Å². The van der Waals surface area contributed by atoms with E-state index in [4.69, 9.17) is 4.74 Å². The van der Waals surface area contributed by atoms with Gasteiger partial charge in [0.1, 0.15) is 0 Å². The molecule has 0 aromatic carbocycles. The van der Waals surface area contributed by atoms with Crippen LogP contribution in [0.2, 0.25) is 0 Å². The Morgan fingerprint density at radius 3 is 2.76 bits per heavy atom. The summed E-state index contributed by atoms with van der Waals surface area (Å²) in [5.74, 6) is 0.521. The lowest BCUT2D eigenvalue weighted by molar-refractivity contribution is -0.133. The molecule has 0 aliphatic heterocycles. The van der Waals surface area contributed by atoms with Crippen molar-refractivity contribution in [3.8, 4) is 0 Å². The average Bonchev–Trinajstić information content (AvgIpc) is 3.19. The molecule has 17 heavy (non-hydrogen) atoms. The van der Waals surface area contributed by atoms with E-state index in [1.807, 2.05) is 17.0 Å². The summed E-state index contributed by atoms with van der Waals surface area (Å²) in [4.78, 5) is 17.9. The smallest absolute Gasteiger partial charge is 0.226 e. The number of hydrogen-bond donors (Lipinski definition) is 0. The van der Waals surface area contributed by atoms with Crippen molar-refractivity contribution in [2.24, 2.45) is 5.92 Å². The first kappa shape index (κ1) is 12.0. The molecule has 1 aromatic heterocycles. The summed E-state index contributed by atoms with van der Waals surface area (Å²) >= 11 is 0. The van der Waals surface area contributed by atoms with Crippen LogP contribution in [0.25, 0.3) is 0 Å². The Balaban J connectivity index is 1.97. The number of hydrogen-bond acceptors (Lipinski definition) is 3. The lowest BCUT2D eigenvalue weighted by atomic mass is 10.2. The molecular formula is C13H18N2O2. The molecule has 0 saturated heterocycles. The molecule has 0 unspecified atom stereocenters. The zero-order valence-corrected chi connectivity index (χ0v) is 10.1. The van der Waals surface area contributed by atoms with Crippen molar-refractivity contribution in [2.75, 3.05) is 20.3 Å². The minimum Gasteiger partial charge on any atom is -0.383 e. The van der Waals surface area contributed by atoms with Crippen LogP contribution in [-0.2, 0) is 16.1 Å². The number of rotatable bonds is 6. The molecule has 4 nitrogen and oxygen atoms in total. The topological polar surface area (TPSA) is 42.4 Å². The van der Waals surface area contributed by atoms with Crippen molar-refractivity contribution in [1.82, 2.24) is 9.88 Å². The van der Waals surface area contributed by atoms with Crippen LogP contribution in [0, 0.1) is 5.92 Å². The Bertz CT molecular complexity index is 363. The fraction of sp³-hybridized carbons (Fsp3) is 0.538. The molecule has 1 aliphatic rings. The van der Waals surface area contributed by atoms with Gasteiger partial charge in [0.2, 0.25) is 5.91 Å². The molecule has 4 heteroatoms. The zero-order chi connectivity index (χ0) is 12.1. The van der Waals surface area contributed by atoms with Crippen molar-refractivity contribution < 1.29 is 9.53 Å². The second-order valence-corrected chi connectivity index (χ2v) is 4.38. The number of nitrogens with zero attached hydrogens (tertiary/aromatic N) is 2. The molecule has 1 saturated carbocycles. The van der Waals surface area contributed by atoms with Crippen LogP contribution in [0.4, 0.5) is 0 Å². The van der Waals surface area contributed by atoms with Crippen LogP contribution in [0.15, 0.2) is 24.5 Å². The monoisotopic (exact) mass is 234 g/mol. The van der Waals surface area contributed by atoms with E-state index < -0.39 is 0 Å². The molecule has 0 atom stereocenters. The highest BCUT2D eigenvalue weighted by atomic mass is 16.5. The molecular weight excluding hydrogens is 216 g/mol. The first-order valence-electron chi connectivity index (χ1n) is 5.98. The fourth-order valence-electron chi connectivity index (χ4n) is 1.77. The van der Waals surface area contributed by atoms with Crippen LogP contribution < -0.4 is 0 Å². The molecule has 0 spiro atoms. The van der Waals surface area contributed by atoms with Gasteiger partial charge in [-0.15, -0.1) is 0 Å². The first-order valence-corrected chi connectivity index (χ1v) is 5.98. The van der Waals surface area contributed by atoms with E-state index in [-0.39, 0.29) is 11.8 Å². The van der Waals surface area contributed by atoms with Crippen molar-refractivity contribution in [2.45, 2.75) is 19.4 Å². The van der Waals surface area contributed by atoms with Gasteiger partial charge in [-0.2, -0.15) is 0 Å². The Morgan fingerprint density at radius 1 is 1.47 bits per heavy atom. The van der Waals surface area contributed by atoms with Crippen molar-refractivity contribution >= 4 is 5.91 Å². The largest absolute Gasteiger partial charge is 0.383 e. The second-order valence-electron chi connectivity index (χ2n) is 4.38. The molecule has 1 aromatic rings. The predicted octanol–water partition coefficient (Wildman–Crippen LogP) is 1.47. The number of carbonyl (C=O) groups is 1. The molecule has 92 valence electrons. The van der Waals surface area contributed by atoms with E-state index in [9.17, 15) is 4.79 Å². The van der Waals surface area contributed by atoms with Crippen molar-refractivity contribution in [3.63, 3.8) is 0 Å².